The van der Waals surface area contributed by atoms with Gasteiger partial charge in [0.25, 0.3) is 0 Å². The zero-order valence-electron chi connectivity index (χ0n) is 12.7. The summed E-state index contributed by atoms with van der Waals surface area (Å²) >= 11 is 0. The van der Waals surface area contributed by atoms with E-state index >= 15 is 0 Å². The molecule has 1 heterocycles. The van der Waals surface area contributed by atoms with Crippen molar-refractivity contribution in [1.82, 2.24) is 9.97 Å². The molecule has 0 unspecified atom stereocenters. The van der Waals surface area contributed by atoms with E-state index in [1.807, 2.05) is 6.92 Å². The molecule has 5 nitrogen and oxygen atoms in total. The molecule has 0 spiro atoms. The van der Waals surface area contributed by atoms with Gasteiger partial charge in [0.2, 0.25) is 0 Å². The molecule has 1 rings (SSSR count). The van der Waals surface area contributed by atoms with Crippen LogP contribution in [-0.2, 0) is 11.2 Å². The summed E-state index contributed by atoms with van der Waals surface area (Å²) in [7, 11) is 1.71. The van der Waals surface area contributed by atoms with Crippen LogP contribution < -0.4 is 10.6 Å². The largest absolute Gasteiger partial charge is 0.383 e. The van der Waals surface area contributed by atoms with Gasteiger partial charge in [0, 0.05) is 31.7 Å². The number of nitrogens with zero attached hydrogens (tertiary/aromatic N) is 3. The maximum Gasteiger partial charge on any atom is 0.137 e. The van der Waals surface area contributed by atoms with Gasteiger partial charge in [0.1, 0.15) is 17.5 Å². The molecule has 0 amide bonds. The lowest BCUT2D eigenvalue weighted by Crippen LogP contribution is -2.35. The van der Waals surface area contributed by atoms with E-state index in [-0.39, 0.29) is 0 Å². The molecule has 2 N–H and O–H groups in total. The molecule has 0 saturated heterocycles. The highest BCUT2D eigenvalue weighted by Gasteiger charge is 2.17. The van der Waals surface area contributed by atoms with Gasteiger partial charge in [-0.15, -0.1) is 0 Å². The molecule has 0 radical (unpaired) electrons. The van der Waals surface area contributed by atoms with Gasteiger partial charge in [-0.2, -0.15) is 0 Å². The summed E-state index contributed by atoms with van der Waals surface area (Å²) in [5, 5.41) is 0. The fraction of sp³-hybridized carbons (Fsp3) is 0.714. The molecule has 0 saturated carbocycles. The number of ether oxygens (including phenoxy) is 1. The molecule has 1 aromatic rings. The van der Waals surface area contributed by atoms with Crippen molar-refractivity contribution in [2.24, 2.45) is 0 Å². The minimum Gasteiger partial charge on any atom is -0.383 e. The van der Waals surface area contributed by atoms with Gasteiger partial charge in [-0.3, -0.25) is 0 Å². The minimum atomic E-state index is 0.345. The monoisotopic (exact) mass is 266 g/mol. The van der Waals surface area contributed by atoms with Crippen molar-refractivity contribution >= 4 is 11.6 Å². The van der Waals surface area contributed by atoms with E-state index in [1.165, 1.54) is 0 Å². The molecule has 5 heteroatoms. The van der Waals surface area contributed by atoms with E-state index in [9.17, 15) is 0 Å². The highest BCUT2D eigenvalue weighted by molar-refractivity contribution is 5.57. The average Bonchev–Trinajstić information content (AvgIpc) is 2.35. The fourth-order valence-electron chi connectivity index (χ4n) is 1.98. The van der Waals surface area contributed by atoms with Crippen LogP contribution in [0.1, 0.15) is 38.6 Å². The molecule has 0 bridgehead atoms. The Morgan fingerprint density at radius 3 is 2.53 bits per heavy atom. The molecule has 0 atom stereocenters. The first kappa shape index (κ1) is 15.7. The molecule has 0 aliphatic heterocycles. The SMILES string of the molecule is CCCc1nc(N)c(C)c(N(CCOC)C(C)C)n1. The lowest BCUT2D eigenvalue weighted by molar-refractivity contribution is 0.203. The Kier molecular flexibility index (Phi) is 6.02. The van der Waals surface area contributed by atoms with Crippen LogP contribution in [0.3, 0.4) is 0 Å². The third kappa shape index (κ3) is 4.06. The van der Waals surface area contributed by atoms with Gasteiger partial charge in [0.15, 0.2) is 0 Å². The lowest BCUT2D eigenvalue weighted by Gasteiger charge is -2.29. The third-order valence-electron chi connectivity index (χ3n) is 3.11. The van der Waals surface area contributed by atoms with Crippen LogP contribution in [0, 0.1) is 6.92 Å². The second-order valence-electron chi connectivity index (χ2n) is 5.00. The highest BCUT2D eigenvalue weighted by atomic mass is 16.5. The van der Waals surface area contributed by atoms with Gasteiger partial charge in [0.05, 0.1) is 6.61 Å². The van der Waals surface area contributed by atoms with Crippen LogP contribution in [0.5, 0.6) is 0 Å². The summed E-state index contributed by atoms with van der Waals surface area (Å²) in [5.41, 5.74) is 6.96. The summed E-state index contributed by atoms with van der Waals surface area (Å²) in [6, 6.07) is 0.345. The smallest absolute Gasteiger partial charge is 0.137 e. The highest BCUT2D eigenvalue weighted by Crippen LogP contribution is 2.23. The number of aryl methyl sites for hydroxylation is 1. The van der Waals surface area contributed by atoms with Gasteiger partial charge < -0.3 is 15.4 Å². The predicted octanol–water partition coefficient (Wildman–Crippen LogP) is 2.18. The molecule has 19 heavy (non-hydrogen) atoms. The van der Waals surface area contributed by atoms with Crippen LogP contribution in [0.15, 0.2) is 0 Å². The van der Waals surface area contributed by atoms with Crippen molar-refractivity contribution in [3.63, 3.8) is 0 Å². The molecule has 0 aliphatic rings. The normalized spacial score (nSPS) is 11.1. The summed E-state index contributed by atoms with van der Waals surface area (Å²) in [6.07, 6.45) is 1.87. The predicted molar refractivity (Wildman–Crippen MR) is 79.5 cm³/mol. The maximum absolute atomic E-state index is 6.01. The number of methoxy groups -OCH3 is 1. The summed E-state index contributed by atoms with van der Waals surface area (Å²) in [6.45, 7) is 9.86. The molecular weight excluding hydrogens is 240 g/mol. The Labute approximate surface area is 116 Å². The number of nitrogen functional groups attached to an aromatic ring is 1. The number of aromatic nitrogens is 2. The first-order valence-corrected chi connectivity index (χ1v) is 6.89. The van der Waals surface area contributed by atoms with Gasteiger partial charge >= 0.3 is 0 Å². The minimum absolute atomic E-state index is 0.345. The second-order valence-corrected chi connectivity index (χ2v) is 5.00. The van der Waals surface area contributed by atoms with Crippen molar-refractivity contribution in [1.29, 1.82) is 0 Å². The first-order chi connectivity index (χ1) is 9.01. The van der Waals surface area contributed by atoms with E-state index in [1.54, 1.807) is 7.11 Å². The molecule has 0 aliphatic carbocycles. The van der Waals surface area contributed by atoms with E-state index in [4.69, 9.17) is 10.5 Å². The summed E-state index contributed by atoms with van der Waals surface area (Å²) in [5.74, 6) is 2.34. The zero-order chi connectivity index (χ0) is 14.4. The van der Waals surface area contributed by atoms with E-state index < -0.39 is 0 Å². The van der Waals surface area contributed by atoms with Gasteiger partial charge in [-0.1, -0.05) is 6.92 Å². The Balaban J connectivity index is 3.12. The van der Waals surface area contributed by atoms with Crippen molar-refractivity contribution < 1.29 is 4.74 Å². The maximum atomic E-state index is 6.01. The Morgan fingerprint density at radius 2 is 2.00 bits per heavy atom. The van der Waals surface area contributed by atoms with Crippen LogP contribution in [-0.4, -0.2) is 36.3 Å². The average molecular weight is 266 g/mol. The van der Waals surface area contributed by atoms with E-state index in [2.05, 4.69) is 35.6 Å². The molecule has 1 aromatic heterocycles. The summed E-state index contributed by atoms with van der Waals surface area (Å²) in [4.78, 5) is 11.2. The van der Waals surface area contributed by atoms with Crippen LogP contribution in [0.2, 0.25) is 0 Å². The van der Waals surface area contributed by atoms with Crippen molar-refractivity contribution in [2.75, 3.05) is 30.9 Å². The number of hydrogen-bond acceptors (Lipinski definition) is 5. The van der Waals surface area contributed by atoms with E-state index in [0.717, 1.165) is 36.6 Å². The fourth-order valence-corrected chi connectivity index (χ4v) is 1.98. The molecule has 0 fully saturated rings. The van der Waals surface area contributed by atoms with Gasteiger partial charge in [-0.25, -0.2) is 9.97 Å². The molecule has 0 aromatic carbocycles. The van der Waals surface area contributed by atoms with Crippen LogP contribution in [0.4, 0.5) is 11.6 Å². The van der Waals surface area contributed by atoms with Crippen molar-refractivity contribution in [2.45, 2.75) is 46.6 Å². The van der Waals surface area contributed by atoms with Gasteiger partial charge in [-0.05, 0) is 27.2 Å². The Hall–Kier alpha value is -1.36. The third-order valence-corrected chi connectivity index (χ3v) is 3.11. The molecular formula is C14H26N4O. The quantitative estimate of drug-likeness (QED) is 0.819. The zero-order valence-corrected chi connectivity index (χ0v) is 12.7. The standard InChI is InChI=1S/C14H26N4O/c1-6-7-12-16-13(15)11(4)14(17-12)18(10(2)3)8-9-19-5/h10H,6-9H2,1-5H3,(H2,15,16,17). The number of rotatable bonds is 7. The topological polar surface area (TPSA) is 64.3 Å². The first-order valence-electron chi connectivity index (χ1n) is 6.89. The van der Waals surface area contributed by atoms with Crippen molar-refractivity contribution in [3.8, 4) is 0 Å². The van der Waals surface area contributed by atoms with Crippen molar-refractivity contribution in [3.05, 3.63) is 11.4 Å². The number of nitrogens with two attached hydrogens (primary N) is 1. The second kappa shape index (κ2) is 7.28. The number of anilines is 2. The molecule has 108 valence electrons. The lowest BCUT2D eigenvalue weighted by atomic mass is 10.2. The number of hydrogen-bond donors (Lipinski definition) is 1. The summed E-state index contributed by atoms with van der Waals surface area (Å²) < 4.78 is 5.18. The Bertz CT molecular complexity index is 407. The van der Waals surface area contributed by atoms with E-state index in [0.29, 0.717) is 18.5 Å². The van der Waals surface area contributed by atoms with Crippen LogP contribution >= 0.6 is 0 Å². The Morgan fingerprint density at radius 1 is 1.32 bits per heavy atom. The van der Waals surface area contributed by atoms with Crippen LogP contribution in [0.25, 0.3) is 0 Å².